The molecular weight excluding hydrogens is 398 g/mol. The molecule has 0 bridgehead atoms. The molecule has 4 heterocycles. The van der Waals surface area contributed by atoms with Crippen LogP contribution in [0.2, 0.25) is 0 Å². The molecule has 0 spiro atoms. The van der Waals surface area contributed by atoms with E-state index in [1.54, 1.807) is 22.2 Å². The average molecular weight is 417 g/mol. The number of carbonyl (C=O) groups excluding carboxylic acids is 1. The second-order valence-corrected chi connectivity index (χ2v) is 8.14. The minimum absolute atomic E-state index is 0.00649. The van der Waals surface area contributed by atoms with Gasteiger partial charge < -0.3 is 10.2 Å². The van der Waals surface area contributed by atoms with Gasteiger partial charge in [0.2, 0.25) is 5.91 Å². The minimum Gasteiger partial charge on any atom is -0.355 e. The van der Waals surface area contributed by atoms with Gasteiger partial charge >= 0.3 is 0 Å². The Morgan fingerprint density at radius 3 is 2.77 bits per heavy atom. The number of hydrogen-bond donors (Lipinski definition) is 1. The summed E-state index contributed by atoms with van der Waals surface area (Å²) in [6.45, 7) is 3.20. The van der Waals surface area contributed by atoms with E-state index in [0.717, 1.165) is 27.8 Å². The van der Waals surface area contributed by atoms with Gasteiger partial charge in [-0.15, -0.1) is 11.3 Å². The topological polar surface area (TPSA) is 88.8 Å². The Labute approximate surface area is 177 Å². The maximum Gasteiger partial charge on any atom is 0.231 e. The molecule has 5 rings (SSSR count). The molecule has 1 aliphatic heterocycles. The van der Waals surface area contributed by atoms with Crippen molar-refractivity contribution in [1.82, 2.24) is 24.7 Å². The highest BCUT2D eigenvalue weighted by molar-refractivity contribution is 7.09. The van der Waals surface area contributed by atoms with Crippen molar-refractivity contribution in [1.29, 1.82) is 0 Å². The molecular formula is C21H19N7OS. The fraction of sp³-hybridized carbons (Fsp3) is 0.190. The Hall–Kier alpha value is -3.59. The number of rotatable bonds is 5. The molecule has 1 fully saturated rings. The summed E-state index contributed by atoms with van der Waals surface area (Å²) in [7, 11) is 0. The highest BCUT2D eigenvalue weighted by Gasteiger charge is 2.34. The van der Waals surface area contributed by atoms with E-state index in [-0.39, 0.29) is 11.8 Å². The zero-order valence-corrected chi connectivity index (χ0v) is 17.1. The van der Waals surface area contributed by atoms with Gasteiger partial charge in [-0.05, 0) is 19.1 Å². The van der Waals surface area contributed by atoms with Gasteiger partial charge in [0.1, 0.15) is 12.1 Å². The molecule has 3 aromatic heterocycles. The van der Waals surface area contributed by atoms with Crippen LogP contribution in [0.4, 0.5) is 11.5 Å². The van der Waals surface area contributed by atoms with Crippen molar-refractivity contribution in [2.24, 2.45) is 5.92 Å². The fourth-order valence-electron chi connectivity index (χ4n) is 3.41. The summed E-state index contributed by atoms with van der Waals surface area (Å²) in [5.74, 6) is 1.40. The van der Waals surface area contributed by atoms with Crippen molar-refractivity contribution in [2.75, 3.05) is 23.3 Å². The van der Waals surface area contributed by atoms with Crippen molar-refractivity contribution in [3.8, 4) is 17.1 Å². The predicted molar refractivity (Wildman–Crippen MR) is 116 cm³/mol. The van der Waals surface area contributed by atoms with Crippen molar-refractivity contribution in [3.05, 3.63) is 65.5 Å². The molecule has 4 aromatic rings. The van der Waals surface area contributed by atoms with Gasteiger partial charge in [0.05, 0.1) is 22.3 Å². The Morgan fingerprint density at radius 1 is 1.17 bits per heavy atom. The van der Waals surface area contributed by atoms with E-state index in [4.69, 9.17) is 0 Å². The number of anilines is 2. The van der Waals surface area contributed by atoms with Crippen LogP contribution >= 0.6 is 11.3 Å². The molecule has 1 aliphatic rings. The lowest BCUT2D eigenvalue weighted by Crippen LogP contribution is -2.52. The lowest BCUT2D eigenvalue weighted by atomic mass is 9.98. The third kappa shape index (κ3) is 3.55. The van der Waals surface area contributed by atoms with Crippen LogP contribution in [0.3, 0.4) is 0 Å². The SMILES string of the molecule is Cc1nc(-c2ccccc2NC(=O)C2CN(c3cc(-n4cccn4)ncn3)C2)cs1. The van der Waals surface area contributed by atoms with Gasteiger partial charge in [0.15, 0.2) is 5.82 Å². The van der Waals surface area contributed by atoms with E-state index in [1.807, 2.05) is 54.9 Å². The van der Waals surface area contributed by atoms with Gasteiger partial charge in [-0.25, -0.2) is 19.6 Å². The smallest absolute Gasteiger partial charge is 0.231 e. The lowest BCUT2D eigenvalue weighted by molar-refractivity contribution is -0.120. The Bertz CT molecular complexity index is 1180. The minimum atomic E-state index is -0.0988. The average Bonchev–Trinajstić information content (AvgIpc) is 3.39. The van der Waals surface area contributed by atoms with E-state index in [9.17, 15) is 4.79 Å². The first-order valence-electron chi connectivity index (χ1n) is 9.57. The van der Waals surface area contributed by atoms with Crippen molar-refractivity contribution < 1.29 is 4.79 Å². The number of hydrogen-bond acceptors (Lipinski definition) is 7. The number of benzene rings is 1. The van der Waals surface area contributed by atoms with Gasteiger partial charge in [0, 0.05) is 42.5 Å². The molecule has 1 aromatic carbocycles. The first kappa shape index (κ1) is 18.4. The normalized spacial score (nSPS) is 13.8. The van der Waals surface area contributed by atoms with E-state index >= 15 is 0 Å². The van der Waals surface area contributed by atoms with Crippen molar-refractivity contribution >= 4 is 28.7 Å². The second-order valence-electron chi connectivity index (χ2n) is 7.07. The summed E-state index contributed by atoms with van der Waals surface area (Å²) in [4.78, 5) is 28.0. The van der Waals surface area contributed by atoms with E-state index in [0.29, 0.717) is 18.9 Å². The maximum absolute atomic E-state index is 12.8. The third-order valence-corrected chi connectivity index (χ3v) is 5.81. The number of aromatic nitrogens is 5. The zero-order valence-electron chi connectivity index (χ0n) is 16.3. The summed E-state index contributed by atoms with van der Waals surface area (Å²) in [6, 6.07) is 11.5. The highest BCUT2D eigenvalue weighted by Crippen LogP contribution is 2.30. The van der Waals surface area contributed by atoms with Crippen LogP contribution in [0.15, 0.2) is 60.5 Å². The van der Waals surface area contributed by atoms with Crippen molar-refractivity contribution in [3.63, 3.8) is 0 Å². The predicted octanol–water partition coefficient (Wildman–Crippen LogP) is 3.17. The molecule has 0 atom stereocenters. The number of nitrogens with one attached hydrogen (secondary N) is 1. The summed E-state index contributed by atoms with van der Waals surface area (Å²) in [6.07, 6.45) is 5.06. The summed E-state index contributed by atoms with van der Waals surface area (Å²) >= 11 is 1.60. The molecule has 1 N–H and O–H groups in total. The summed E-state index contributed by atoms with van der Waals surface area (Å²) in [5, 5.41) is 10.3. The Kier molecular flexibility index (Phi) is 4.72. The molecule has 1 amide bonds. The molecule has 0 saturated carbocycles. The van der Waals surface area contributed by atoms with Crippen LogP contribution in [-0.4, -0.2) is 43.7 Å². The molecule has 1 saturated heterocycles. The molecule has 9 heteroatoms. The first-order valence-corrected chi connectivity index (χ1v) is 10.4. The van der Waals surface area contributed by atoms with Crippen molar-refractivity contribution in [2.45, 2.75) is 6.92 Å². The van der Waals surface area contributed by atoms with Crippen LogP contribution in [0.5, 0.6) is 0 Å². The van der Waals surface area contributed by atoms with E-state index in [2.05, 4.69) is 30.3 Å². The maximum atomic E-state index is 12.8. The quantitative estimate of drug-likeness (QED) is 0.537. The molecule has 0 unspecified atom stereocenters. The number of amides is 1. The van der Waals surface area contributed by atoms with Crippen LogP contribution in [-0.2, 0) is 4.79 Å². The second kappa shape index (κ2) is 7.68. The van der Waals surface area contributed by atoms with Crippen LogP contribution in [0.1, 0.15) is 5.01 Å². The monoisotopic (exact) mass is 417 g/mol. The largest absolute Gasteiger partial charge is 0.355 e. The first-order chi connectivity index (χ1) is 14.7. The number of nitrogens with zero attached hydrogens (tertiary/aromatic N) is 6. The molecule has 0 radical (unpaired) electrons. The summed E-state index contributed by atoms with van der Waals surface area (Å²) in [5.41, 5.74) is 2.61. The van der Waals surface area contributed by atoms with E-state index in [1.165, 1.54) is 6.33 Å². The van der Waals surface area contributed by atoms with Crippen LogP contribution in [0, 0.1) is 12.8 Å². The van der Waals surface area contributed by atoms with Gasteiger partial charge in [-0.1, -0.05) is 18.2 Å². The standard InChI is InChI=1S/C21H19N7OS/c1-14-25-18(12-30-14)16-5-2-3-6-17(16)26-21(29)15-10-27(11-15)19-9-20(23-13-22-19)28-8-4-7-24-28/h2-9,12-13,15H,10-11H2,1H3,(H,26,29). The molecule has 150 valence electrons. The Morgan fingerprint density at radius 2 is 2.00 bits per heavy atom. The highest BCUT2D eigenvalue weighted by atomic mass is 32.1. The molecule has 30 heavy (non-hydrogen) atoms. The van der Waals surface area contributed by atoms with Crippen LogP contribution < -0.4 is 10.2 Å². The van der Waals surface area contributed by atoms with Gasteiger partial charge in [-0.2, -0.15) is 5.10 Å². The van der Waals surface area contributed by atoms with Crippen LogP contribution in [0.25, 0.3) is 17.1 Å². The van der Waals surface area contributed by atoms with Gasteiger partial charge in [0.25, 0.3) is 0 Å². The van der Waals surface area contributed by atoms with Gasteiger partial charge in [-0.3, -0.25) is 4.79 Å². The third-order valence-electron chi connectivity index (χ3n) is 5.03. The number of carbonyl (C=O) groups is 1. The van der Waals surface area contributed by atoms with E-state index < -0.39 is 0 Å². The lowest BCUT2D eigenvalue weighted by Gasteiger charge is -2.39. The number of thiazole rings is 1. The molecule has 0 aliphatic carbocycles. The Balaban J connectivity index is 1.26. The summed E-state index contributed by atoms with van der Waals surface area (Å²) < 4.78 is 1.69. The fourth-order valence-corrected chi connectivity index (χ4v) is 4.02. The number of para-hydroxylation sites is 1. The zero-order chi connectivity index (χ0) is 20.5. The molecule has 8 nitrogen and oxygen atoms in total. The number of aryl methyl sites for hydroxylation is 1.